The summed E-state index contributed by atoms with van der Waals surface area (Å²) in [6.07, 6.45) is 5.58. The van der Waals surface area contributed by atoms with E-state index in [1.54, 1.807) is 29.3 Å². The van der Waals surface area contributed by atoms with E-state index in [1.165, 1.54) is 20.3 Å². The summed E-state index contributed by atoms with van der Waals surface area (Å²) in [5, 5.41) is 22.6. The Kier molecular flexibility index (Phi) is 7.80. The summed E-state index contributed by atoms with van der Waals surface area (Å²) in [6, 6.07) is 5.22. The summed E-state index contributed by atoms with van der Waals surface area (Å²) in [6.45, 7) is 5.54. The van der Waals surface area contributed by atoms with Crippen molar-refractivity contribution in [2.75, 3.05) is 33.9 Å². The van der Waals surface area contributed by atoms with Crippen molar-refractivity contribution in [1.82, 2.24) is 25.7 Å². The maximum Gasteiger partial charge on any atom is 0.254 e. The Morgan fingerprint density at radius 2 is 1.86 bits per heavy atom. The van der Waals surface area contributed by atoms with Gasteiger partial charge >= 0.3 is 0 Å². The van der Waals surface area contributed by atoms with Gasteiger partial charge in [-0.2, -0.15) is 5.10 Å². The predicted octanol–water partition coefficient (Wildman–Crippen LogP) is 1.53. The smallest absolute Gasteiger partial charge is 0.254 e. The molecule has 0 aliphatic carbocycles. The summed E-state index contributed by atoms with van der Waals surface area (Å²) < 4.78 is 11.2. The number of carbonyl (C=O) groups excluding carboxylic acids is 2. The van der Waals surface area contributed by atoms with Gasteiger partial charge in [-0.05, 0) is 49.5 Å². The van der Waals surface area contributed by atoms with Crippen molar-refractivity contribution < 1.29 is 19.1 Å². The number of aromatic amines is 1. The van der Waals surface area contributed by atoms with Crippen molar-refractivity contribution in [2.24, 2.45) is 11.7 Å². The largest absolute Gasteiger partial charge is 0.496 e. The molecule has 4 rings (SSSR count). The van der Waals surface area contributed by atoms with E-state index in [9.17, 15) is 9.59 Å². The van der Waals surface area contributed by atoms with Crippen molar-refractivity contribution in [3.63, 3.8) is 0 Å². The molecule has 0 radical (unpaired) electrons. The number of benzene rings is 1. The fourth-order valence-corrected chi connectivity index (χ4v) is 5.05. The average Bonchev–Trinajstić information content (AvgIpc) is 3.46. The molecule has 1 aromatic carbocycles. The molecule has 2 amide bonds. The molecule has 1 unspecified atom stereocenters. The van der Waals surface area contributed by atoms with Gasteiger partial charge in [-0.25, -0.2) is 0 Å². The van der Waals surface area contributed by atoms with E-state index in [1.807, 2.05) is 0 Å². The number of amides is 2. The van der Waals surface area contributed by atoms with Crippen molar-refractivity contribution in [2.45, 2.75) is 25.3 Å². The molecule has 11 heteroatoms. The van der Waals surface area contributed by atoms with E-state index in [2.05, 4.69) is 27.4 Å². The minimum Gasteiger partial charge on any atom is -0.496 e. The lowest BCUT2D eigenvalue weighted by Gasteiger charge is -2.39. The number of methoxy groups -OCH3 is 2. The van der Waals surface area contributed by atoms with Crippen LogP contribution in [0.5, 0.6) is 11.5 Å². The van der Waals surface area contributed by atoms with Gasteiger partial charge in [0.25, 0.3) is 5.91 Å². The monoisotopic (exact) mass is 507 g/mol. The SMILES string of the molecule is C=CC(=O)N1CCC(C2CCN/C(=C(/C(=N)c3cc(OC)c(-c4cc[nH]n4)c(OC)c3)C(N)=O)N2)CC1. The standard InChI is InChI=1S/C26H33N7O4/c1-4-21(34)33-11-7-15(8-12-33)17-5-9-29-26(31-17)23(25(28)35)24(27)16-13-19(36-2)22(20(14-16)37-3)18-6-10-30-32-18/h4,6,10,13-15,17,27,29,31H,1,5,7-9,11-12H2,2-3H3,(H2,28,35)(H,30,32)/b26-23+,27-24?. The van der Waals surface area contributed by atoms with Gasteiger partial charge in [0, 0.05) is 37.4 Å². The zero-order chi connectivity index (χ0) is 26.5. The number of hydrogen-bond acceptors (Lipinski definition) is 8. The van der Waals surface area contributed by atoms with E-state index in [-0.39, 0.29) is 23.2 Å². The number of H-pyrrole nitrogens is 1. The van der Waals surface area contributed by atoms with Crippen LogP contribution in [0.1, 0.15) is 24.8 Å². The van der Waals surface area contributed by atoms with Gasteiger partial charge in [0.1, 0.15) is 22.9 Å². The van der Waals surface area contributed by atoms with E-state index >= 15 is 0 Å². The molecule has 0 spiro atoms. The zero-order valence-electron chi connectivity index (χ0n) is 21.1. The number of hydrogen-bond donors (Lipinski definition) is 5. The molecule has 0 bridgehead atoms. The lowest BCUT2D eigenvalue weighted by atomic mass is 9.86. The Balaban J connectivity index is 1.62. The molecule has 2 aliphatic heterocycles. The highest BCUT2D eigenvalue weighted by atomic mass is 16.5. The Morgan fingerprint density at radius 3 is 2.41 bits per heavy atom. The quantitative estimate of drug-likeness (QED) is 0.268. The summed E-state index contributed by atoms with van der Waals surface area (Å²) >= 11 is 0. The third kappa shape index (κ3) is 5.30. The second-order valence-electron chi connectivity index (χ2n) is 9.04. The Morgan fingerprint density at radius 1 is 1.19 bits per heavy atom. The van der Waals surface area contributed by atoms with Crippen LogP contribution in [0.2, 0.25) is 0 Å². The summed E-state index contributed by atoms with van der Waals surface area (Å²) in [5.74, 6) is 0.883. The minimum atomic E-state index is -0.721. The molecule has 37 heavy (non-hydrogen) atoms. The molecular weight excluding hydrogens is 474 g/mol. The molecule has 2 aromatic rings. The number of nitrogens with zero attached hydrogens (tertiary/aromatic N) is 2. The van der Waals surface area contributed by atoms with E-state index in [0.29, 0.717) is 59.7 Å². The third-order valence-electron chi connectivity index (χ3n) is 6.98. The molecule has 2 fully saturated rings. The van der Waals surface area contributed by atoms with E-state index in [4.69, 9.17) is 20.6 Å². The van der Waals surface area contributed by atoms with Gasteiger partial charge < -0.3 is 30.7 Å². The van der Waals surface area contributed by atoms with Gasteiger partial charge in [-0.15, -0.1) is 0 Å². The second kappa shape index (κ2) is 11.2. The number of nitrogens with one attached hydrogen (secondary N) is 4. The molecule has 11 nitrogen and oxygen atoms in total. The number of piperidine rings is 1. The number of primary amides is 1. The van der Waals surface area contributed by atoms with Gasteiger partial charge in [0.2, 0.25) is 5.91 Å². The van der Waals surface area contributed by atoms with Crippen LogP contribution in [0.15, 0.2) is 48.4 Å². The van der Waals surface area contributed by atoms with Crippen LogP contribution in [0.3, 0.4) is 0 Å². The molecule has 1 aromatic heterocycles. The van der Waals surface area contributed by atoms with Gasteiger partial charge in [0.15, 0.2) is 0 Å². The number of aromatic nitrogens is 2. The van der Waals surface area contributed by atoms with Crippen molar-refractivity contribution in [3.05, 3.63) is 54.0 Å². The van der Waals surface area contributed by atoms with Gasteiger partial charge in [-0.3, -0.25) is 20.1 Å². The Hall–Kier alpha value is -4.28. The summed E-state index contributed by atoms with van der Waals surface area (Å²) in [4.78, 5) is 26.4. The number of ether oxygens (including phenoxy) is 2. The van der Waals surface area contributed by atoms with Crippen LogP contribution in [0, 0.1) is 11.3 Å². The predicted molar refractivity (Wildman–Crippen MR) is 139 cm³/mol. The molecule has 0 saturated carbocycles. The maximum atomic E-state index is 12.6. The first-order valence-corrected chi connectivity index (χ1v) is 12.2. The molecule has 3 heterocycles. The van der Waals surface area contributed by atoms with Crippen LogP contribution in [-0.2, 0) is 9.59 Å². The van der Waals surface area contributed by atoms with Crippen LogP contribution < -0.4 is 25.8 Å². The number of nitrogens with two attached hydrogens (primary N) is 1. The first kappa shape index (κ1) is 25.8. The molecule has 2 saturated heterocycles. The van der Waals surface area contributed by atoms with Crippen LogP contribution in [0.25, 0.3) is 11.3 Å². The number of carbonyl (C=O) groups is 2. The van der Waals surface area contributed by atoms with Crippen LogP contribution in [0.4, 0.5) is 0 Å². The fraction of sp³-hybridized carbons (Fsp3) is 0.385. The molecular formula is C26H33N7O4. The lowest BCUT2D eigenvalue weighted by Crippen LogP contribution is -2.51. The second-order valence-corrected chi connectivity index (χ2v) is 9.04. The van der Waals surface area contributed by atoms with Crippen LogP contribution >= 0.6 is 0 Å². The van der Waals surface area contributed by atoms with Crippen LogP contribution in [-0.4, -0.2) is 72.5 Å². The average molecular weight is 508 g/mol. The normalized spacial score (nSPS) is 19.3. The topological polar surface area (TPSA) is 158 Å². The fourth-order valence-electron chi connectivity index (χ4n) is 5.05. The van der Waals surface area contributed by atoms with E-state index < -0.39 is 5.91 Å². The highest BCUT2D eigenvalue weighted by Crippen LogP contribution is 2.39. The number of rotatable bonds is 8. The maximum absolute atomic E-state index is 12.6. The molecule has 196 valence electrons. The zero-order valence-corrected chi connectivity index (χ0v) is 21.1. The highest BCUT2D eigenvalue weighted by Gasteiger charge is 2.32. The first-order valence-electron chi connectivity index (χ1n) is 12.2. The molecule has 2 aliphatic rings. The highest BCUT2D eigenvalue weighted by molar-refractivity contribution is 6.27. The van der Waals surface area contributed by atoms with Gasteiger partial charge in [0.05, 0.1) is 31.2 Å². The molecule has 6 N–H and O–H groups in total. The molecule has 1 atom stereocenters. The van der Waals surface area contributed by atoms with Crippen molar-refractivity contribution >= 4 is 17.5 Å². The Bertz CT molecular complexity index is 1190. The minimum absolute atomic E-state index is 0.0501. The van der Waals surface area contributed by atoms with Gasteiger partial charge in [-0.1, -0.05) is 6.58 Å². The third-order valence-corrected chi connectivity index (χ3v) is 6.98. The van der Waals surface area contributed by atoms with Crippen molar-refractivity contribution in [1.29, 1.82) is 5.41 Å². The summed E-state index contributed by atoms with van der Waals surface area (Å²) in [7, 11) is 3.04. The number of likely N-dealkylation sites (tertiary alicyclic amines) is 1. The van der Waals surface area contributed by atoms with Crippen molar-refractivity contribution in [3.8, 4) is 22.8 Å². The first-order chi connectivity index (χ1) is 17.9. The lowest BCUT2D eigenvalue weighted by molar-refractivity contribution is -0.127. The van der Waals surface area contributed by atoms with E-state index in [0.717, 1.165) is 19.3 Å². The Labute approximate surface area is 215 Å². The summed E-state index contributed by atoms with van der Waals surface area (Å²) in [5.41, 5.74) is 7.47.